The molecule has 8 heteroatoms. The van der Waals surface area contributed by atoms with Crippen molar-refractivity contribution in [2.24, 2.45) is 0 Å². The Hall–Kier alpha value is -3.26. The van der Waals surface area contributed by atoms with Gasteiger partial charge in [0.1, 0.15) is 11.6 Å². The van der Waals surface area contributed by atoms with Gasteiger partial charge in [0.2, 0.25) is 0 Å². The molecule has 0 amide bonds. The highest BCUT2D eigenvalue weighted by atomic mass is 32.2. The van der Waals surface area contributed by atoms with Crippen molar-refractivity contribution in [3.63, 3.8) is 0 Å². The van der Waals surface area contributed by atoms with Crippen LogP contribution in [0.3, 0.4) is 0 Å². The normalized spacial score (nSPS) is 11.1. The molecule has 0 saturated carbocycles. The van der Waals surface area contributed by atoms with Crippen molar-refractivity contribution in [3.05, 3.63) is 78.1 Å². The molecule has 0 fully saturated rings. The average molecular weight is 431 g/mol. The van der Waals surface area contributed by atoms with Gasteiger partial charge < -0.3 is 14.2 Å². The summed E-state index contributed by atoms with van der Waals surface area (Å²) in [5.74, 6) is 1.12. The van der Waals surface area contributed by atoms with Crippen molar-refractivity contribution in [2.45, 2.75) is 11.4 Å². The van der Waals surface area contributed by atoms with Gasteiger partial charge in [-0.1, -0.05) is 6.07 Å². The Labute approximate surface area is 175 Å². The summed E-state index contributed by atoms with van der Waals surface area (Å²) in [6.45, 7) is 0.0341. The first-order chi connectivity index (χ1) is 14.4. The first-order valence-corrected chi connectivity index (χ1v) is 10.5. The van der Waals surface area contributed by atoms with Gasteiger partial charge in [0.25, 0.3) is 10.0 Å². The molecular weight excluding hydrogens is 409 g/mol. The fourth-order valence-corrected chi connectivity index (χ4v) is 4.39. The smallest absolute Gasteiger partial charge is 0.264 e. The molecule has 0 spiro atoms. The topological polar surface area (TPSA) is 65.1 Å². The lowest BCUT2D eigenvalue weighted by molar-refractivity contribution is 0.354. The fraction of sp³-hybridized carbons (Fsp3) is 0.182. The highest BCUT2D eigenvalue weighted by Crippen LogP contribution is 2.31. The Morgan fingerprint density at radius 2 is 1.43 bits per heavy atom. The Morgan fingerprint density at radius 3 is 2.00 bits per heavy atom. The summed E-state index contributed by atoms with van der Waals surface area (Å²) in [7, 11) is 0.603. The second-order valence-electron chi connectivity index (χ2n) is 6.35. The lowest BCUT2D eigenvalue weighted by atomic mass is 10.2. The fourth-order valence-electron chi connectivity index (χ4n) is 2.94. The van der Waals surface area contributed by atoms with Gasteiger partial charge in [0, 0.05) is 0 Å². The summed E-state index contributed by atoms with van der Waals surface area (Å²) >= 11 is 0. The summed E-state index contributed by atoms with van der Waals surface area (Å²) in [4.78, 5) is -0.0137. The number of hydrogen-bond acceptors (Lipinski definition) is 5. The predicted molar refractivity (Wildman–Crippen MR) is 112 cm³/mol. The maximum atomic E-state index is 13.4. The SMILES string of the molecule is COc1ccc(N(Cc2ccc(OC)c(OC)c2)S(=O)(=O)c2ccc(F)cc2)cc1. The van der Waals surface area contributed by atoms with Gasteiger partial charge in [0.15, 0.2) is 11.5 Å². The maximum Gasteiger partial charge on any atom is 0.264 e. The third-order valence-corrected chi connectivity index (χ3v) is 6.32. The van der Waals surface area contributed by atoms with Crippen LogP contribution in [0.2, 0.25) is 0 Å². The Balaban J connectivity index is 2.06. The minimum Gasteiger partial charge on any atom is -0.497 e. The number of anilines is 1. The van der Waals surface area contributed by atoms with Gasteiger partial charge in [-0.25, -0.2) is 12.8 Å². The van der Waals surface area contributed by atoms with E-state index in [1.165, 1.54) is 37.8 Å². The van der Waals surface area contributed by atoms with Gasteiger partial charge in [-0.3, -0.25) is 4.31 Å². The second kappa shape index (κ2) is 9.04. The third-order valence-electron chi connectivity index (χ3n) is 4.54. The zero-order chi connectivity index (χ0) is 21.7. The van der Waals surface area contributed by atoms with Gasteiger partial charge >= 0.3 is 0 Å². The van der Waals surface area contributed by atoms with E-state index in [0.29, 0.717) is 28.5 Å². The van der Waals surface area contributed by atoms with Crippen LogP contribution >= 0.6 is 0 Å². The Bertz CT molecular complexity index is 1100. The third kappa shape index (κ3) is 4.49. The number of nitrogens with zero attached hydrogens (tertiary/aromatic N) is 1. The van der Waals surface area contributed by atoms with Gasteiger partial charge in [-0.05, 0) is 66.2 Å². The molecule has 0 N–H and O–H groups in total. The van der Waals surface area contributed by atoms with Crippen molar-refractivity contribution in [1.29, 1.82) is 0 Å². The standard InChI is InChI=1S/C22H22FNO5S/c1-27-19-9-7-18(8-10-19)24(30(25,26)20-11-5-17(23)6-12-20)15-16-4-13-21(28-2)22(14-16)29-3/h4-14H,15H2,1-3H3. The quantitative estimate of drug-likeness (QED) is 0.534. The average Bonchev–Trinajstić information content (AvgIpc) is 2.77. The number of hydrogen-bond donors (Lipinski definition) is 0. The molecule has 3 aromatic carbocycles. The number of methoxy groups -OCH3 is 3. The van der Waals surface area contributed by atoms with E-state index in [0.717, 1.165) is 12.1 Å². The molecule has 0 heterocycles. The zero-order valence-corrected chi connectivity index (χ0v) is 17.6. The van der Waals surface area contributed by atoms with Crippen molar-refractivity contribution in [1.82, 2.24) is 0 Å². The highest BCUT2D eigenvalue weighted by Gasteiger charge is 2.26. The highest BCUT2D eigenvalue weighted by molar-refractivity contribution is 7.92. The van der Waals surface area contributed by atoms with Crippen LogP contribution in [-0.2, 0) is 16.6 Å². The molecule has 0 aromatic heterocycles. The summed E-state index contributed by atoms with van der Waals surface area (Å²) in [5.41, 5.74) is 1.13. The number of benzene rings is 3. The summed E-state index contributed by atoms with van der Waals surface area (Å²) in [6.07, 6.45) is 0. The molecular formula is C22H22FNO5S. The largest absolute Gasteiger partial charge is 0.497 e. The van der Waals surface area contributed by atoms with Crippen molar-refractivity contribution in [2.75, 3.05) is 25.6 Å². The molecule has 0 aliphatic carbocycles. The van der Waals surface area contributed by atoms with Crippen molar-refractivity contribution < 1.29 is 27.0 Å². The molecule has 30 heavy (non-hydrogen) atoms. The molecule has 0 aliphatic heterocycles. The van der Waals surface area contributed by atoms with Gasteiger partial charge in [0.05, 0.1) is 38.5 Å². The first kappa shape index (κ1) is 21.4. The molecule has 3 aromatic rings. The van der Waals surface area contributed by atoms with E-state index < -0.39 is 15.8 Å². The van der Waals surface area contributed by atoms with E-state index in [1.807, 2.05) is 0 Å². The Kier molecular flexibility index (Phi) is 6.47. The van der Waals surface area contributed by atoms with Crippen LogP contribution in [0.15, 0.2) is 71.6 Å². The van der Waals surface area contributed by atoms with E-state index in [9.17, 15) is 12.8 Å². The lowest BCUT2D eigenvalue weighted by Gasteiger charge is -2.25. The zero-order valence-electron chi connectivity index (χ0n) is 16.8. The monoisotopic (exact) mass is 431 g/mol. The number of halogens is 1. The van der Waals surface area contributed by atoms with Crippen molar-refractivity contribution in [3.8, 4) is 17.2 Å². The van der Waals surface area contributed by atoms with Crippen molar-refractivity contribution >= 4 is 15.7 Å². The van der Waals surface area contributed by atoms with Crippen LogP contribution in [0.5, 0.6) is 17.2 Å². The maximum absolute atomic E-state index is 13.4. The molecule has 0 aliphatic rings. The first-order valence-electron chi connectivity index (χ1n) is 9.02. The van der Waals surface area contributed by atoms with Crippen LogP contribution < -0.4 is 18.5 Å². The van der Waals surface area contributed by atoms with Crippen LogP contribution in [0.1, 0.15) is 5.56 Å². The van der Waals surface area contributed by atoms with Crippen LogP contribution in [-0.4, -0.2) is 29.7 Å². The Morgan fingerprint density at radius 1 is 0.800 bits per heavy atom. The number of ether oxygens (including phenoxy) is 3. The van der Waals surface area contributed by atoms with E-state index >= 15 is 0 Å². The molecule has 0 saturated heterocycles. The molecule has 6 nitrogen and oxygen atoms in total. The van der Waals surface area contributed by atoms with E-state index in [4.69, 9.17) is 14.2 Å². The summed E-state index contributed by atoms with van der Waals surface area (Å²) in [5, 5.41) is 0. The van der Waals surface area contributed by atoms with Crippen LogP contribution in [0.25, 0.3) is 0 Å². The molecule has 0 bridgehead atoms. The minimum absolute atomic E-state index is 0.0137. The van der Waals surface area contributed by atoms with Gasteiger partial charge in [-0.15, -0.1) is 0 Å². The van der Waals surface area contributed by atoms with E-state index in [1.54, 1.807) is 42.5 Å². The molecule has 0 radical (unpaired) electrons. The number of rotatable bonds is 8. The summed E-state index contributed by atoms with van der Waals surface area (Å²) < 4.78 is 57.1. The molecule has 158 valence electrons. The predicted octanol–water partition coefficient (Wildman–Crippen LogP) is 4.25. The van der Waals surface area contributed by atoms with Gasteiger partial charge in [-0.2, -0.15) is 0 Å². The number of sulfonamides is 1. The molecule has 3 rings (SSSR count). The second-order valence-corrected chi connectivity index (χ2v) is 8.22. The minimum atomic E-state index is -3.97. The van der Waals surface area contributed by atoms with Crippen LogP contribution in [0.4, 0.5) is 10.1 Å². The summed E-state index contributed by atoms with van der Waals surface area (Å²) in [6, 6.07) is 16.6. The molecule has 0 atom stereocenters. The molecule has 0 unspecified atom stereocenters. The lowest BCUT2D eigenvalue weighted by Crippen LogP contribution is -2.30. The van der Waals surface area contributed by atoms with E-state index in [-0.39, 0.29) is 11.4 Å². The van der Waals surface area contributed by atoms with Crippen LogP contribution in [0, 0.1) is 5.82 Å². The van der Waals surface area contributed by atoms with E-state index in [2.05, 4.69) is 0 Å².